The molecule has 0 aromatic heterocycles. The van der Waals surface area contributed by atoms with E-state index in [1.54, 1.807) is 7.05 Å². The largest absolute Gasteiger partial charge is 0.416 e. The van der Waals surface area contributed by atoms with Crippen molar-refractivity contribution < 1.29 is 22.8 Å². The Labute approximate surface area is 286 Å². The van der Waals surface area contributed by atoms with E-state index < -0.39 is 17.2 Å². The maximum absolute atomic E-state index is 12.7. The second-order valence-electron chi connectivity index (χ2n) is 12.9. The molecule has 4 nitrogen and oxygen atoms in total. The number of amides is 1. The standard InChI is InChI=1S/C30H25NO2.C12H16F3N/c1-20(2)31-29(33)22-13-17-24(18-14-22)30(23-15-11-21(19-32)12-16-23)27-9-5-3-7-25(27)26-8-4-6-10-28(26)30;1-7(2)10-5-9(12(13,14)15)6-11(16-4)8(10)3/h3-20H,1-2H3,(H,31,33);5-7,16H,1-4H3. The van der Waals surface area contributed by atoms with Crippen molar-refractivity contribution in [1.82, 2.24) is 5.32 Å². The minimum atomic E-state index is -4.29. The van der Waals surface area contributed by atoms with Gasteiger partial charge in [-0.25, -0.2) is 0 Å². The number of halogens is 3. The monoisotopic (exact) mass is 662 g/mol. The Hall–Kier alpha value is -5.17. The van der Waals surface area contributed by atoms with Crippen LogP contribution in [0.5, 0.6) is 0 Å². The van der Waals surface area contributed by atoms with Crippen LogP contribution in [0.25, 0.3) is 11.1 Å². The number of carbonyl (C=O) groups excluding carboxylic acids is 2. The summed E-state index contributed by atoms with van der Waals surface area (Å²) in [4.78, 5) is 23.9. The van der Waals surface area contributed by atoms with Crippen LogP contribution >= 0.6 is 0 Å². The lowest BCUT2D eigenvalue weighted by Gasteiger charge is -2.34. The van der Waals surface area contributed by atoms with Crippen LogP contribution in [0.1, 0.15) is 93.3 Å². The van der Waals surface area contributed by atoms with Crippen LogP contribution < -0.4 is 10.6 Å². The van der Waals surface area contributed by atoms with Crippen molar-refractivity contribution in [3.63, 3.8) is 0 Å². The Balaban J connectivity index is 0.000000247. The van der Waals surface area contributed by atoms with Crippen LogP contribution in [-0.2, 0) is 11.6 Å². The van der Waals surface area contributed by atoms with E-state index in [0.29, 0.717) is 16.8 Å². The van der Waals surface area contributed by atoms with Gasteiger partial charge in [-0.05, 0) is 95.5 Å². The highest BCUT2D eigenvalue weighted by Crippen LogP contribution is 2.55. The molecule has 0 aliphatic heterocycles. The zero-order chi connectivity index (χ0) is 35.5. The molecule has 0 fully saturated rings. The molecule has 1 amide bonds. The number of aldehydes is 1. The quantitative estimate of drug-likeness (QED) is 0.167. The highest BCUT2D eigenvalue weighted by molar-refractivity contribution is 5.94. The van der Waals surface area contributed by atoms with Crippen LogP contribution in [-0.4, -0.2) is 25.3 Å². The fourth-order valence-corrected chi connectivity index (χ4v) is 6.81. The highest BCUT2D eigenvalue weighted by Gasteiger charge is 2.45. The minimum Gasteiger partial charge on any atom is -0.388 e. The summed E-state index contributed by atoms with van der Waals surface area (Å²) in [5.74, 6) is 0.00237. The van der Waals surface area contributed by atoms with E-state index >= 15 is 0 Å². The number of fused-ring (bicyclic) bond motifs is 3. The number of alkyl halides is 3. The van der Waals surface area contributed by atoms with Crippen molar-refractivity contribution in [3.8, 4) is 11.1 Å². The van der Waals surface area contributed by atoms with Crippen LogP contribution in [0.4, 0.5) is 18.9 Å². The molecule has 0 heterocycles. The fourth-order valence-electron chi connectivity index (χ4n) is 6.81. The molecular formula is C42H41F3N2O2. The first kappa shape index (κ1) is 35.1. The first-order valence-corrected chi connectivity index (χ1v) is 16.4. The predicted octanol–water partition coefficient (Wildman–Crippen LogP) is 10.2. The Morgan fingerprint density at radius 3 is 1.71 bits per heavy atom. The van der Waals surface area contributed by atoms with Gasteiger partial charge in [0.2, 0.25) is 0 Å². The summed E-state index contributed by atoms with van der Waals surface area (Å²) in [5.41, 5.74) is 9.28. The molecule has 0 atom stereocenters. The lowest BCUT2D eigenvalue weighted by atomic mass is 9.67. The van der Waals surface area contributed by atoms with Crippen LogP contribution in [0.3, 0.4) is 0 Å². The molecule has 0 bridgehead atoms. The second kappa shape index (κ2) is 14.1. The Bertz CT molecular complexity index is 1910. The number of carbonyl (C=O) groups is 2. The van der Waals surface area contributed by atoms with Gasteiger partial charge >= 0.3 is 6.18 Å². The predicted molar refractivity (Wildman–Crippen MR) is 192 cm³/mol. The minimum absolute atomic E-state index is 0.0758. The zero-order valence-electron chi connectivity index (χ0n) is 28.6. The van der Waals surface area contributed by atoms with Crippen molar-refractivity contribution in [3.05, 3.63) is 159 Å². The van der Waals surface area contributed by atoms with Gasteiger partial charge in [-0.3, -0.25) is 9.59 Å². The Kier molecular flexibility index (Phi) is 10.1. The van der Waals surface area contributed by atoms with E-state index in [2.05, 4.69) is 71.3 Å². The van der Waals surface area contributed by atoms with Gasteiger partial charge in [0, 0.05) is 29.9 Å². The highest BCUT2D eigenvalue weighted by atomic mass is 19.4. The summed E-state index contributed by atoms with van der Waals surface area (Å²) in [7, 11) is 1.63. The Morgan fingerprint density at radius 2 is 1.27 bits per heavy atom. The van der Waals surface area contributed by atoms with E-state index in [0.717, 1.165) is 34.6 Å². The van der Waals surface area contributed by atoms with Gasteiger partial charge in [-0.15, -0.1) is 0 Å². The topological polar surface area (TPSA) is 58.2 Å². The summed E-state index contributed by atoms with van der Waals surface area (Å²) < 4.78 is 38.0. The third-order valence-corrected chi connectivity index (χ3v) is 9.10. The molecule has 7 heteroatoms. The van der Waals surface area contributed by atoms with Crippen molar-refractivity contribution in [1.29, 1.82) is 0 Å². The molecule has 5 aromatic rings. The summed E-state index contributed by atoms with van der Waals surface area (Å²) in [6, 6.07) is 35.2. The molecule has 2 N–H and O–H groups in total. The van der Waals surface area contributed by atoms with E-state index in [-0.39, 0.29) is 17.9 Å². The number of hydrogen-bond donors (Lipinski definition) is 2. The average Bonchev–Trinajstić information content (AvgIpc) is 3.39. The second-order valence-corrected chi connectivity index (χ2v) is 12.9. The molecule has 49 heavy (non-hydrogen) atoms. The van der Waals surface area contributed by atoms with Crippen LogP contribution in [0, 0.1) is 6.92 Å². The molecular weight excluding hydrogens is 621 g/mol. The van der Waals surface area contributed by atoms with E-state index in [9.17, 15) is 22.8 Å². The summed E-state index contributed by atoms with van der Waals surface area (Å²) in [6.07, 6.45) is -3.42. The summed E-state index contributed by atoms with van der Waals surface area (Å²) in [5, 5.41) is 5.76. The van der Waals surface area contributed by atoms with E-state index in [1.165, 1.54) is 28.3 Å². The van der Waals surface area contributed by atoms with Gasteiger partial charge in [-0.1, -0.05) is 98.8 Å². The van der Waals surface area contributed by atoms with Crippen molar-refractivity contribution >= 4 is 17.9 Å². The van der Waals surface area contributed by atoms with Gasteiger partial charge in [0.25, 0.3) is 5.91 Å². The molecule has 0 saturated heterocycles. The normalized spacial score (nSPS) is 12.9. The molecule has 1 aliphatic carbocycles. The third kappa shape index (κ3) is 6.75. The number of hydrogen-bond acceptors (Lipinski definition) is 3. The molecule has 0 radical (unpaired) electrons. The third-order valence-electron chi connectivity index (χ3n) is 9.10. The molecule has 0 saturated carbocycles. The van der Waals surface area contributed by atoms with Crippen molar-refractivity contribution in [2.24, 2.45) is 0 Å². The van der Waals surface area contributed by atoms with Crippen molar-refractivity contribution in [2.45, 2.75) is 58.2 Å². The number of nitrogens with one attached hydrogen (secondary N) is 2. The lowest BCUT2D eigenvalue weighted by Crippen LogP contribution is -2.31. The van der Waals surface area contributed by atoms with E-state index in [4.69, 9.17) is 0 Å². The molecule has 1 aliphatic rings. The number of rotatable bonds is 7. The SMILES string of the molecule is CC(C)NC(=O)c1ccc(C2(c3ccc(C=O)cc3)c3ccccc3-c3ccccc32)cc1.CNc1cc(C(F)(F)F)cc(C(C)C)c1C. The van der Waals surface area contributed by atoms with Gasteiger partial charge in [-0.2, -0.15) is 13.2 Å². The van der Waals surface area contributed by atoms with Gasteiger partial charge < -0.3 is 10.6 Å². The summed E-state index contributed by atoms with van der Waals surface area (Å²) >= 11 is 0. The van der Waals surface area contributed by atoms with Gasteiger partial charge in [0.15, 0.2) is 0 Å². The molecule has 252 valence electrons. The van der Waals surface area contributed by atoms with Gasteiger partial charge in [0.05, 0.1) is 11.0 Å². The van der Waals surface area contributed by atoms with E-state index in [1.807, 2.05) is 71.0 Å². The van der Waals surface area contributed by atoms with Crippen molar-refractivity contribution in [2.75, 3.05) is 12.4 Å². The average molecular weight is 663 g/mol. The first-order chi connectivity index (χ1) is 23.3. The lowest BCUT2D eigenvalue weighted by molar-refractivity contribution is -0.137. The number of anilines is 1. The summed E-state index contributed by atoms with van der Waals surface area (Å²) in [6.45, 7) is 9.53. The maximum atomic E-state index is 12.7. The first-order valence-electron chi connectivity index (χ1n) is 16.4. The fraction of sp³-hybridized carbons (Fsp3) is 0.238. The van der Waals surface area contributed by atoms with Gasteiger partial charge in [0.1, 0.15) is 6.29 Å². The van der Waals surface area contributed by atoms with Crippen LogP contribution in [0.2, 0.25) is 0 Å². The zero-order valence-corrected chi connectivity index (χ0v) is 28.6. The number of benzene rings is 5. The smallest absolute Gasteiger partial charge is 0.388 e. The molecule has 5 aromatic carbocycles. The Morgan fingerprint density at radius 1 is 0.755 bits per heavy atom. The molecule has 0 spiro atoms. The maximum Gasteiger partial charge on any atom is 0.416 e. The molecule has 0 unspecified atom stereocenters. The van der Waals surface area contributed by atoms with Crippen LogP contribution in [0.15, 0.2) is 109 Å². The molecule has 6 rings (SSSR count).